The fraction of sp³-hybridized carbons (Fsp3) is 0.222. The second kappa shape index (κ2) is 4.69. The van der Waals surface area contributed by atoms with Gasteiger partial charge < -0.3 is 0 Å². The lowest BCUT2D eigenvalue weighted by Gasteiger charge is -2.04. The highest BCUT2D eigenvalue weighted by atomic mass is 127. The lowest BCUT2D eigenvalue weighted by Crippen LogP contribution is -2.16. The second-order valence-electron chi connectivity index (χ2n) is 2.83. The number of halogens is 5. The first-order valence-electron chi connectivity index (χ1n) is 3.88. The van der Waals surface area contributed by atoms with E-state index in [0.717, 1.165) is 9.13 Å². The summed E-state index contributed by atoms with van der Waals surface area (Å²) in [7, 11) is 0. The SMILES string of the molecule is Cc1cc(N=C(Cl)C(F)(F)F)ccc1I. The fourth-order valence-electron chi connectivity index (χ4n) is 0.875. The first-order valence-corrected chi connectivity index (χ1v) is 5.34. The molecule has 1 nitrogen and oxygen atoms in total. The number of benzene rings is 1. The molecule has 0 amide bonds. The minimum absolute atomic E-state index is 0.204. The summed E-state index contributed by atoms with van der Waals surface area (Å²) in [5, 5.41) is -1.36. The second-order valence-corrected chi connectivity index (χ2v) is 4.35. The van der Waals surface area contributed by atoms with Crippen LogP contribution >= 0.6 is 34.2 Å². The average molecular weight is 348 g/mol. The standard InChI is InChI=1S/C9H6ClF3IN/c1-5-4-6(2-3-7(5)14)15-8(10)9(11,12)13/h2-4H,1H3. The van der Waals surface area contributed by atoms with Crippen LogP contribution in [-0.4, -0.2) is 11.3 Å². The number of aryl methyl sites for hydroxylation is 1. The number of rotatable bonds is 1. The Bertz CT molecular complexity index is 401. The van der Waals surface area contributed by atoms with Crippen LogP contribution in [0.25, 0.3) is 0 Å². The van der Waals surface area contributed by atoms with E-state index in [2.05, 4.69) is 27.6 Å². The van der Waals surface area contributed by atoms with Crippen molar-refractivity contribution in [2.24, 2.45) is 4.99 Å². The molecule has 15 heavy (non-hydrogen) atoms. The van der Waals surface area contributed by atoms with E-state index in [-0.39, 0.29) is 5.69 Å². The minimum Gasteiger partial charge on any atom is -0.232 e. The number of nitrogens with zero attached hydrogens (tertiary/aromatic N) is 1. The van der Waals surface area contributed by atoms with Gasteiger partial charge in [-0.3, -0.25) is 0 Å². The molecule has 0 saturated carbocycles. The highest BCUT2D eigenvalue weighted by molar-refractivity contribution is 14.1. The van der Waals surface area contributed by atoms with Crippen LogP contribution in [-0.2, 0) is 0 Å². The number of hydrogen-bond donors (Lipinski definition) is 0. The third kappa shape index (κ3) is 3.64. The van der Waals surface area contributed by atoms with E-state index in [0.29, 0.717) is 0 Å². The predicted molar refractivity (Wildman–Crippen MR) is 62.9 cm³/mol. The van der Waals surface area contributed by atoms with Crippen LogP contribution in [0, 0.1) is 10.5 Å². The van der Waals surface area contributed by atoms with E-state index in [1.54, 1.807) is 19.1 Å². The van der Waals surface area contributed by atoms with Crippen molar-refractivity contribution < 1.29 is 13.2 Å². The molecular formula is C9H6ClF3IN. The van der Waals surface area contributed by atoms with Crippen LogP contribution in [0.15, 0.2) is 23.2 Å². The summed E-state index contributed by atoms with van der Waals surface area (Å²) in [6.07, 6.45) is -4.58. The highest BCUT2D eigenvalue weighted by Gasteiger charge is 2.34. The summed E-state index contributed by atoms with van der Waals surface area (Å²) in [4.78, 5) is 3.29. The molecule has 0 spiro atoms. The van der Waals surface area contributed by atoms with Gasteiger partial charge in [0.05, 0.1) is 5.69 Å². The van der Waals surface area contributed by atoms with Crippen LogP contribution in [0.5, 0.6) is 0 Å². The van der Waals surface area contributed by atoms with Crippen LogP contribution in [0.1, 0.15) is 5.56 Å². The molecule has 0 aromatic heterocycles. The number of hydrogen-bond acceptors (Lipinski definition) is 1. The van der Waals surface area contributed by atoms with E-state index in [1.165, 1.54) is 6.07 Å². The van der Waals surface area contributed by atoms with Gasteiger partial charge in [-0.25, -0.2) is 4.99 Å². The largest absolute Gasteiger partial charge is 0.444 e. The molecular weight excluding hydrogens is 341 g/mol. The molecule has 6 heteroatoms. The molecule has 0 bridgehead atoms. The summed E-state index contributed by atoms with van der Waals surface area (Å²) >= 11 is 7.09. The van der Waals surface area contributed by atoms with Crippen molar-refractivity contribution in [2.45, 2.75) is 13.1 Å². The molecule has 82 valence electrons. The lowest BCUT2D eigenvalue weighted by molar-refractivity contribution is -0.0558. The van der Waals surface area contributed by atoms with Gasteiger partial charge in [0.1, 0.15) is 0 Å². The van der Waals surface area contributed by atoms with E-state index in [1.807, 2.05) is 0 Å². The molecule has 0 atom stereocenters. The Hall–Kier alpha value is -0.300. The van der Waals surface area contributed by atoms with Crippen molar-refractivity contribution in [3.63, 3.8) is 0 Å². The molecule has 0 aliphatic heterocycles. The zero-order valence-corrected chi connectivity index (χ0v) is 10.5. The number of alkyl halides is 3. The molecule has 0 fully saturated rings. The lowest BCUT2D eigenvalue weighted by atomic mass is 10.2. The molecule has 1 aromatic carbocycles. The molecule has 1 rings (SSSR count). The third-order valence-corrected chi connectivity index (χ3v) is 3.11. The summed E-state index contributed by atoms with van der Waals surface area (Å²) in [5.41, 5.74) is 1.07. The normalized spacial score (nSPS) is 13.1. The highest BCUT2D eigenvalue weighted by Crippen LogP contribution is 2.25. The van der Waals surface area contributed by atoms with Gasteiger partial charge >= 0.3 is 6.18 Å². The van der Waals surface area contributed by atoms with Gasteiger partial charge in [0.2, 0.25) is 5.17 Å². The Morgan fingerprint density at radius 1 is 1.40 bits per heavy atom. The first-order chi connectivity index (χ1) is 6.80. The molecule has 0 aliphatic carbocycles. The summed E-state index contributed by atoms with van der Waals surface area (Å²) in [6, 6.07) is 4.73. The molecule has 0 heterocycles. The monoisotopic (exact) mass is 347 g/mol. The maximum Gasteiger partial charge on any atom is 0.444 e. The predicted octanol–water partition coefficient (Wildman–Crippen LogP) is 4.43. The van der Waals surface area contributed by atoms with Gasteiger partial charge in [-0.2, -0.15) is 13.2 Å². The molecule has 0 unspecified atom stereocenters. The van der Waals surface area contributed by atoms with Crippen LogP contribution in [0.4, 0.5) is 18.9 Å². The van der Waals surface area contributed by atoms with Gasteiger partial charge in [0.15, 0.2) is 0 Å². The minimum atomic E-state index is -4.58. The van der Waals surface area contributed by atoms with Crippen molar-refractivity contribution >= 4 is 45.1 Å². The quantitative estimate of drug-likeness (QED) is 0.526. The maximum absolute atomic E-state index is 12.1. The smallest absolute Gasteiger partial charge is 0.232 e. The van der Waals surface area contributed by atoms with Gasteiger partial charge in [-0.05, 0) is 53.3 Å². The van der Waals surface area contributed by atoms with Crippen molar-refractivity contribution in [1.82, 2.24) is 0 Å². The van der Waals surface area contributed by atoms with Gasteiger partial charge in [-0.15, -0.1) is 0 Å². The van der Waals surface area contributed by atoms with E-state index in [9.17, 15) is 13.2 Å². The van der Waals surface area contributed by atoms with Gasteiger partial charge in [0.25, 0.3) is 0 Å². The van der Waals surface area contributed by atoms with Gasteiger partial charge in [0, 0.05) is 3.57 Å². The van der Waals surface area contributed by atoms with E-state index < -0.39 is 11.3 Å². The topological polar surface area (TPSA) is 12.4 Å². The zero-order valence-electron chi connectivity index (χ0n) is 7.57. The average Bonchev–Trinajstić information content (AvgIpc) is 2.10. The zero-order chi connectivity index (χ0) is 11.6. The Kier molecular flexibility index (Phi) is 3.99. The van der Waals surface area contributed by atoms with Crippen molar-refractivity contribution in [1.29, 1.82) is 0 Å². The van der Waals surface area contributed by atoms with Gasteiger partial charge in [-0.1, -0.05) is 11.6 Å². The first kappa shape index (κ1) is 12.8. The molecule has 0 radical (unpaired) electrons. The number of aliphatic imine (C=N–C) groups is 1. The molecule has 1 aromatic rings. The molecule has 0 aliphatic rings. The summed E-state index contributed by atoms with van der Waals surface area (Å²) in [6.45, 7) is 1.79. The van der Waals surface area contributed by atoms with Crippen LogP contribution in [0.2, 0.25) is 0 Å². The van der Waals surface area contributed by atoms with Crippen LogP contribution in [0.3, 0.4) is 0 Å². The van der Waals surface area contributed by atoms with Crippen LogP contribution < -0.4 is 0 Å². The van der Waals surface area contributed by atoms with E-state index in [4.69, 9.17) is 11.6 Å². The van der Waals surface area contributed by atoms with Crippen molar-refractivity contribution in [3.05, 3.63) is 27.3 Å². The fourth-order valence-corrected chi connectivity index (χ4v) is 1.31. The maximum atomic E-state index is 12.1. The Balaban J connectivity index is 3.04. The third-order valence-electron chi connectivity index (χ3n) is 1.60. The Morgan fingerprint density at radius 2 is 2.00 bits per heavy atom. The van der Waals surface area contributed by atoms with Crippen molar-refractivity contribution in [2.75, 3.05) is 0 Å². The van der Waals surface area contributed by atoms with Crippen molar-refractivity contribution in [3.8, 4) is 0 Å². The molecule has 0 saturated heterocycles. The summed E-state index contributed by atoms with van der Waals surface area (Å²) < 4.78 is 37.1. The Morgan fingerprint density at radius 3 is 2.47 bits per heavy atom. The van der Waals surface area contributed by atoms with E-state index >= 15 is 0 Å². The Labute approximate surface area is 103 Å². The molecule has 0 N–H and O–H groups in total. The summed E-state index contributed by atoms with van der Waals surface area (Å²) in [5.74, 6) is 0.